The number of aryl methyl sites for hydroxylation is 1. The highest BCUT2D eigenvalue weighted by molar-refractivity contribution is 5.95. The van der Waals surface area contributed by atoms with Crippen molar-refractivity contribution in [3.63, 3.8) is 0 Å². The molecule has 0 aliphatic carbocycles. The first-order chi connectivity index (χ1) is 16.4. The molecule has 34 heavy (non-hydrogen) atoms. The molecule has 2 aromatic carbocycles. The maximum absolute atomic E-state index is 12.7. The number of amides is 3. The fourth-order valence-electron chi connectivity index (χ4n) is 4.61. The van der Waals surface area contributed by atoms with Crippen molar-refractivity contribution in [2.75, 3.05) is 81.1 Å². The van der Waals surface area contributed by atoms with Crippen LogP contribution < -0.4 is 20.4 Å². The van der Waals surface area contributed by atoms with Crippen LogP contribution in [0.4, 0.5) is 21.9 Å². The Balaban J connectivity index is 1.26. The number of hydrogen-bond acceptors (Lipinski definition) is 5. The largest absolute Gasteiger partial charge is 0.368 e. The van der Waals surface area contributed by atoms with Crippen molar-refractivity contribution in [2.45, 2.75) is 13.8 Å². The van der Waals surface area contributed by atoms with E-state index in [0.717, 1.165) is 50.6 Å². The van der Waals surface area contributed by atoms with Gasteiger partial charge in [0.25, 0.3) is 0 Å². The first-order valence-electron chi connectivity index (χ1n) is 12.1. The van der Waals surface area contributed by atoms with Gasteiger partial charge in [0.05, 0.1) is 17.9 Å². The number of benzene rings is 2. The molecule has 2 aromatic rings. The van der Waals surface area contributed by atoms with Crippen molar-refractivity contribution in [1.82, 2.24) is 15.1 Å². The molecule has 0 unspecified atom stereocenters. The van der Waals surface area contributed by atoms with Crippen LogP contribution in [0.15, 0.2) is 42.5 Å². The molecule has 0 atom stereocenters. The Labute approximate surface area is 202 Å². The number of rotatable bonds is 5. The number of nitrogens with zero attached hydrogens (tertiary/aromatic N) is 4. The molecule has 2 aliphatic rings. The summed E-state index contributed by atoms with van der Waals surface area (Å²) in [6.07, 6.45) is 0. The van der Waals surface area contributed by atoms with Crippen LogP contribution in [0.2, 0.25) is 0 Å². The summed E-state index contributed by atoms with van der Waals surface area (Å²) in [6, 6.07) is 13.8. The lowest BCUT2D eigenvalue weighted by Gasteiger charge is -2.37. The van der Waals surface area contributed by atoms with Crippen LogP contribution in [0.3, 0.4) is 0 Å². The third-order valence-corrected chi connectivity index (χ3v) is 6.95. The highest BCUT2D eigenvalue weighted by Crippen LogP contribution is 2.26. The van der Waals surface area contributed by atoms with Gasteiger partial charge in [-0.15, -0.1) is 0 Å². The molecule has 3 amide bonds. The van der Waals surface area contributed by atoms with Crippen molar-refractivity contribution < 1.29 is 9.59 Å². The quantitative estimate of drug-likeness (QED) is 0.712. The van der Waals surface area contributed by atoms with Gasteiger partial charge in [-0.25, -0.2) is 4.79 Å². The van der Waals surface area contributed by atoms with Crippen molar-refractivity contribution in [3.8, 4) is 0 Å². The van der Waals surface area contributed by atoms with Crippen LogP contribution in [-0.2, 0) is 4.79 Å². The average Bonchev–Trinajstić information content (AvgIpc) is 2.85. The van der Waals surface area contributed by atoms with Crippen LogP contribution in [0.5, 0.6) is 0 Å². The number of urea groups is 1. The molecule has 2 heterocycles. The van der Waals surface area contributed by atoms with Gasteiger partial charge in [-0.1, -0.05) is 24.3 Å². The van der Waals surface area contributed by atoms with E-state index in [1.54, 1.807) is 0 Å². The maximum Gasteiger partial charge on any atom is 0.319 e. The molecule has 8 heteroatoms. The number of likely N-dealkylation sites (N-methyl/N-ethyl adjacent to an activating group) is 1. The van der Waals surface area contributed by atoms with Crippen molar-refractivity contribution in [3.05, 3.63) is 53.6 Å². The van der Waals surface area contributed by atoms with E-state index >= 15 is 0 Å². The van der Waals surface area contributed by atoms with Gasteiger partial charge in [0, 0.05) is 58.0 Å². The van der Waals surface area contributed by atoms with E-state index in [2.05, 4.69) is 64.4 Å². The third kappa shape index (κ3) is 5.62. The number of piperazine rings is 2. The Morgan fingerprint density at radius 3 is 2.15 bits per heavy atom. The summed E-state index contributed by atoms with van der Waals surface area (Å²) in [6.45, 7) is 11.0. The minimum absolute atomic E-state index is 0.00795. The van der Waals surface area contributed by atoms with Crippen LogP contribution in [0.1, 0.15) is 11.1 Å². The number of anilines is 3. The third-order valence-electron chi connectivity index (χ3n) is 6.95. The zero-order valence-electron chi connectivity index (χ0n) is 20.5. The van der Waals surface area contributed by atoms with Gasteiger partial charge in [0.2, 0.25) is 5.91 Å². The second-order valence-corrected chi connectivity index (χ2v) is 9.20. The monoisotopic (exact) mass is 464 g/mol. The summed E-state index contributed by atoms with van der Waals surface area (Å²) in [5.41, 5.74) is 5.58. The molecule has 0 radical (unpaired) electrons. The molecule has 2 saturated heterocycles. The highest BCUT2D eigenvalue weighted by Gasteiger charge is 2.23. The number of para-hydroxylation sites is 2. The average molecular weight is 465 g/mol. The Bertz CT molecular complexity index is 1010. The molecule has 0 spiro atoms. The summed E-state index contributed by atoms with van der Waals surface area (Å²) >= 11 is 0. The van der Waals surface area contributed by atoms with E-state index in [4.69, 9.17) is 0 Å². The normalized spacial score (nSPS) is 17.0. The fourth-order valence-corrected chi connectivity index (χ4v) is 4.61. The molecule has 2 aliphatic heterocycles. The molecule has 8 nitrogen and oxygen atoms in total. The van der Waals surface area contributed by atoms with Crippen LogP contribution >= 0.6 is 0 Å². The maximum atomic E-state index is 12.7. The van der Waals surface area contributed by atoms with Gasteiger partial charge >= 0.3 is 6.03 Å². The van der Waals surface area contributed by atoms with Crippen molar-refractivity contribution >= 4 is 29.0 Å². The number of nitrogens with one attached hydrogen (secondary N) is 2. The van der Waals surface area contributed by atoms with Crippen molar-refractivity contribution in [2.24, 2.45) is 0 Å². The van der Waals surface area contributed by atoms with E-state index in [0.29, 0.717) is 13.1 Å². The summed E-state index contributed by atoms with van der Waals surface area (Å²) in [5.74, 6) is -0.0527. The summed E-state index contributed by atoms with van der Waals surface area (Å²) in [4.78, 5) is 34.0. The van der Waals surface area contributed by atoms with E-state index in [1.165, 1.54) is 16.8 Å². The molecule has 4 rings (SSSR count). The van der Waals surface area contributed by atoms with Gasteiger partial charge in [-0.05, 0) is 50.2 Å². The van der Waals surface area contributed by atoms with E-state index < -0.39 is 0 Å². The SMILES string of the molecule is Cc1cccc(N2CCN(C(=O)CNC(=O)Nc3ccccc3N3CCN(C)CC3)CC2)c1C. The summed E-state index contributed by atoms with van der Waals surface area (Å²) < 4.78 is 0. The lowest BCUT2D eigenvalue weighted by molar-refractivity contribution is -0.130. The first kappa shape index (κ1) is 23.9. The Hall–Kier alpha value is -3.26. The van der Waals surface area contributed by atoms with E-state index in [-0.39, 0.29) is 18.5 Å². The van der Waals surface area contributed by atoms with Gasteiger partial charge in [0.15, 0.2) is 0 Å². The molecular formula is C26H36N6O2. The Morgan fingerprint density at radius 2 is 1.41 bits per heavy atom. The molecule has 0 aromatic heterocycles. The summed E-state index contributed by atoms with van der Waals surface area (Å²) in [7, 11) is 2.12. The van der Waals surface area contributed by atoms with Gasteiger partial charge < -0.3 is 30.2 Å². The molecular weight excluding hydrogens is 428 g/mol. The number of hydrogen-bond donors (Lipinski definition) is 2. The smallest absolute Gasteiger partial charge is 0.319 e. The predicted molar refractivity (Wildman–Crippen MR) is 138 cm³/mol. The van der Waals surface area contributed by atoms with E-state index in [1.807, 2.05) is 29.2 Å². The topological polar surface area (TPSA) is 71.2 Å². The highest BCUT2D eigenvalue weighted by atomic mass is 16.2. The van der Waals surface area contributed by atoms with Gasteiger partial charge in [-0.3, -0.25) is 4.79 Å². The second-order valence-electron chi connectivity index (χ2n) is 9.20. The zero-order chi connectivity index (χ0) is 24.1. The van der Waals surface area contributed by atoms with Crippen LogP contribution in [0.25, 0.3) is 0 Å². The second kappa shape index (κ2) is 10.8. The fraction of sp³-hybridized carbons (Fsp3) is 0.462. The van der Waals surface area contributed by atoms with Crippen LogP contribution in [-0.4, -0.2) is 87.7 Å². The Kier molecular flexibility index (Phi) is 7.57. The van der Waals surface area contributed by atoms with Crippen LogP contribution in [0, 0.1) is 13.8 Å². The minimum Gasteiger partial charge on any atom is -0.368 e. The van der Waals surface area contributed by atoms with Crippen molar-refractivity contribution in [1.29, 1.82) is 0 Å². The molecule has 2 N–H and O–H groups in total. The number of carbonyl (C=O) groups excluding carboxylic acids is 2. The van der Waals surface area contributed by atoms with Gasteiger partial charge in [0.1, 0.15) is 0 Å². The molecule has 2 fully saturated rings. The summed E-state index contributed by atoms with van der Waals surface area (Å²) in [5, 5.41) is 5.68. The Morgan fingerprint density at radius 1 is 0.794 bits per heavy atom. The molecule has 182 valence electrons. The van der Waals surface area contributed by atoms with E-state index in [9.17, 15) is 9.59 Å². The number of carbonyl (C=O) groups is 2. The zero-order valence-corrected chi connectivity index (χ0v) is 20.5. The standard InChI is InChI=1S/C26H36N6O2/c1-20-7-6-10-23(21(20)2)30-15-17-32(18-16-30)25(33)19-27-26(34)28-22-8-4-5-9-24(22)31-13-11-29(3)12-14-31/h4-10H,11-19H2,1-3H3,(H2,27,28,34). The lowest BCUT2D eigenvalue weighted by atomic mass is 10.1. The molecule has 0 bridgehead atoms. The first-order valence-corrected chi connectivity index (χ1v) is 12.1. The molecule has 0 saturated carbocycles. The predicted octanol–water partition coefficient (Wildman–Crippen LogP) is 2.53. The lowest BCUT2D eigenvalue weighted by Crippen LogP contribution is -2.51. The minimum atomic E-state index is -0.357. The van der Waals surface area contributed by atoms with Gasteiger partial charge in [-0.2, -0.15) is 0 Å².